The molecule has 0 aromatic heterocycles. The standard InChI is InChI=1S/C28H46O5/c1-6-19-23-15-18(33-17(3)29)11-13-28(23,5)22-12-14-27(4)20(16(2)7-10-24(30)31)8-9-21(27)25(22)26(19)32/h16,18-23,25-26,32H,6-15H2,1-5H3,(H,30,31)/t16-,18-,19-,20-,21?,22?,23+,25?,26-,27-,28-/m1/s1. The lowest BCUT2D eigenvalue weighted by Gasteiger charge is -2.64. The van der Waals surface area contributed by atoms with Gasteiger partial charge in [-0.3, -0.25) is 9.59 Å². The van der Waals surface area contributed by atoms with E-state index in [1.54, 1.807) is 0 Å². The van der Waals surface area contributed by atoms with Crippen molar-refractivity contribution >= 4 is 11.9 Å². The molecule has 5 heteroatoms. The van der Waals surface area contributed by atoms with Crippen molar-refractivity contribution in [2.45, 2.75) is 111 Å². The summed E-state index contributed by atoms with van der Waals surface area (Å²) < 4.78 is 5.65. The lowest BCUT2D eigenvalue weighted by molar-refractivity contribution is -0.207. The quantitative estimate of drug-likeness (QED) is 0.496. The number of rotatable bonds is 6. The first kappa shape index (κ1) is 25.0. The van der Waals surface area contributed by atoms with Crippen LogP contribution in [0.5, 0.6) is 0 Å². The highest BCUT2D eigenvalue weighted by Gasteiger charge is 2.65. The molecule has 0 aromatic rings. The highest BCUT2D eigenvalue weighted by molar-refractivity contribution is 5.66. The summed E-state index contributed by atoms with van der Waals surface area (Å²) in [5.74, 6) is 2.17. The maximum absolute atomic E-state index is 11.9. The van der Waals surface area contributed by atoms with Crippen molar-refractivity contribution in [3.8, 4) is 0 Å². The van der Waals surface area contributed by atoms with Crippen LogP contribution in [0.1, 0.15) is 98.8 Å². The molecule has 5 nitrogen and oxygen atoms in total. The first-order valence-corrected chi connectivity index (χ1v) is 13.6. The number of hydrogen-bond donors (Lipinski definition) is 2. The van der Waals surface area contributed by atoms with Gasteiger partial charge in [0.1, 0.15) is 6.10 Å². The minimum absolute atomic E-state index is 0.00169. The van der Waals surface area contributed by atoms with Crippen LogP contribution in [0.25, 0.3) is 0 Å². The summed E-state index contributed by atoms with van der Waals surface area (Å²) in [4.78, 5) is 22.8. The van der Waals surface area contributed by atoms with Gasteiger partial charge >= 0.3 is 11.9 Å². The van der Waals surface area contributed by atoms with E-state index in [0.717, 1.165) is 32.1 Å². The van der Waals surface area contributed by atoms with E-state index >= 15 is 0 Å². The first-order chi connectivity index (χ1) is 15.5. The van der Waals surface area contributed by atoms with Crippen LogP contribution in [0.15, 0.2) is 0 Å². The molecule has 0 saturated heterocycles. The van der Waals surface area contributed by atoms with Gasteiger partial charge in [-0.1, -0.05) is 34.1 Å². The predicted octanol–water partition coefficient (Wildman–Crippen LogP) is 5.68. The lowest BCUT2D eigenvalue weighted by Crippen LogP contribution is -2.62. The molecule has 188 valence electrons. The van der Waals surface area contributed by atoms with E-state index in [9.17, 15) is 19.8 Å². The number of ether oxygens (including phenoxy) is 1. The number of carbonyl (C=O) groups excluding carboxylic acids is 1. The number of aliphatic hydroxyl groups excluding tert-OH is 1. The number of carboxylic acid groups (broad SMARTS) is 1. The second-order valence-electron chi connectivity index (χ2n) is 12.6. The van der Waals surface area contributed by atoms with Crippen molar-refractivity contribution in [1.29, 1.82) is 0 Å². The van der Waals surface area contributed by atoms with E-state index < -0.39 is 5.97 Å². The van der Waals surface area contributed by atoms with Gasteiger partial charge in [-0.05, 0) is 104 Å². The Balaban J connectivity index is 1.59. The molecule has 4 aliphatic rings. The van der Waals surface area contributed by atoms with Crippen LogP contribution in [0, 0.1) is 52.3 Å². The number of fused-ring (bicyclic) bond motifs is 5. The molecule has 0 heterocycles. The SMILES string of the molecule is CC[C@H]1[C@@H](O)C2C3CC[C@H]([C@H](C)CCC(=O)O)[C@@]3(C)CCC2[C@@]2(C)CC[C@@H](OC(C)=O)C[C@@H]12. The summed E-state index contributed by atoms with van der Waals surface area (Å²) in [5, 5.41) is 21.1. The van der Waals surface area contributed by atoms with E-state index in [1.165, 1.54) is 32.6 Å². The van der Waals surface area contributed by atoms with Gasteiger partial charge in [-0.25, -0.2) is 0 Å². The van der Waals surface area contributed by atoms with Crippen LogP contribution in [-0.4, -0.2) is 34.4 Å². The summed E-state index contributed by atoms with van der Waals surface area (Å²) in [5.41, 5.74) is 0.409. The first-order valence-electron chi connectivity index (χ1n) is 13.6. The molecule has 0 amide bonds. The predicted molar refractivity (Wildman–Crippen MR) is 127 cm³/mol. The van der Waals surface area contributed by atoms with Crippen molar-refractivity contribution in [3.05, 3.63) is 0 Å². The van der Waals surface area contributed by atoms with Crippen LogP contribution in [-0.2, 0) is 14.3 Å². The van der Waals surface area contributed by atoms with Crippen LogP contribution < -0.4 is 0 Å². The zero-order valence-corrected chi connectivity index (χ0v) is 21.4. The number of aliphatic hydroxyl groups is 1. The van der Waals surface area contributed by atoms with Crippen molar-refractivity contribution in [3.63, 3.8) is 0 Å². The van der Waals surface area contributed by atoms with Gasteiger partial charge in [0.25, 0.3) is 0 Å². The Morgan fingerprint density at radius 1 is 1.03 bits per heavy atom. The van der Waals surface area contributed by atoms with Gasteiger partial charge in [0, 0.05) is 13.3 Å². The van der Waals surface area contributed by atoms with Gasteiger partial charge in [0.05, 0.1) is 6.10 Å². The second-order valence-corrected chi connectivity index (χ2v) is 12.6. The zero-order chi connectivity index (χ0) is 24.1. The van der Waals surface area contributed by atoms with Crippen LogP contribution in [0.4, 0.5) is 0 Å². The molecule has 0 spiro atoms. The maximum atomic E-state index is 11.9. The van der Waals surface area contributed by atoms with E-state index in [-0.39, 0.29) is 41.3 Å². The summed E-state index contributed by atoms with van der Waals surface area (Å²) in [6.45, 7) is 10.9. The number of esters is 1. The van der Waals surface area contributed by atoms with Gasteiger partial charge in [0.2, 0.25) is 0 Å². The molecule has 0 aromatic carbocycles. The molecular formula is C28H46O5. The topological polar surface area (TPSA) is 83.8 Å². The van der Waals surface area contributed by atoms with E-state index in [1.807, 2.05) is 0 Å². The van der Waals surface area contributed by atoms with Crippen molar-refractivity contribution in [2.75, 3.05) is 0 Å². The summed E-state index contributed by atoms with van der Waals surface area (Å²) in [6.07, 6.45) is 9.32. The van der Waals surface area contributed by atoms with Gasteiger partial charge in [0.15, 0.2) is 0 Å². The molecule has 4 fully saturated rings. The number of aliphatic carboxylic acids is 1. The Kier molecular flexibility index (Phi) is 6.95. The van der Waals surface area contributed by atoms with Crippen molar-refractivity contribution in [2.24, 2.45) is 52.3 Å². The summed E-state index contributed by atoms with van der Waals surface area (Å²) in [7, 11) is 0. The summed E-state index contributed by atoms with van der Waals surface area (Å²) >= 11 is 0. The monoisotopic (exact) mass is 462 g/mol. The minimum atomic E-state index is -0.693. The molecule has 2 N–H and O–H groups in total. The molecule has 0 radical (unpaired) electrons. The van der Waals surface area contributed by atoms with E-state index in [2.05, 4.69) is 27.7 Å². The Morgan fingerprint density at radius 2 is 1.70 bits per heavy atom. The van der Waals surface area contributed by atoms with Crippen LogP contribution >= 0.6 is 0 Å². The molecule has 0 aliphatic heterocycles. The lowest BCUT2D eigenvalue weighted by atomic mass is 9.41. The Labute approximate surface area is 200 Å². The average molecular weight is 463 g/mol. The molecule has 3 unspecified atom stereocenters. The Hall–Kier alpha value is -1.10. The third-order valence-electron chi connectivity index (χ3n) is 11.3. The Bertz CT molecular complexity index is 751. The minimum Gasteiger partial charge on any atom is -0.481 e. The highest BCUT2D eigenvalue weighted by atomic mass is 16.5. The number of carboxylic acids is 1. The van der Waals surface area contributed by atoms with Gasteiger partial charge < -0.3 is 14.9 Å². The smallest absolute Gasteiger partial charge is 0.303 e. The molecule has 0 bridgehead atoms. The van der Waals surface area contributed by atoms with Gasteiger partial charge in [-0.15, -0.1) is 0 Å². The van der Waals surface area contributed by atoms with Gasteiger partial charge in [-0.2, -0.15) is 0 Å². The fourth-order valence-electron chi connectivity index (χ4n) is 9.81. The fraction of sp³-hybridized carbons (Fsp3) is 0.929. The normalized spacial score (nSPS) is 47.7. The molecule has 4 saturated carbocycles. The molecule has 11 atom stereocenters. The fourth-order valence-corrected chi connectivity index (χ4v) is 9.81. The van der Waals surface area contributed by atoms with Crippen LogP contribution in [0.2, 0.25) is 0 Å². The zero-order valence-electron chi connectivity index (χ0n) is 21.4. The van der Waals surface area contributed by atoms with Crippen LogP contribution in [0.3, 0.4) is 0 Å². The third kappa shape index (κ3) is 4.15. The second kappa shape index (κ2) is 9.17. The van der Waals surface area contributed by atoms with Crippen molar-refractivity contribution < 1.29 is 24.5 Å². The van der Waals surface area contributed by atoms with E-state index in [0.29, 0.717) is 35.5 Å². The highest BCUT2D eigenvalue weighted by Crippen LogP contribution is 2.69. The third-order valence-corrected chi connectivity index (χ3v) is 11.3. The summed E-state index contributed by atoms with van der Waals surface area (Å²) in [6, 6.07) is 0. The van der Waals surface area contributed by atoms with E-state index in [4.69, 9.17) is 4.74 Å². The molecular weight excluding hydrogens is 416 g/mol. The molecule has 33 heavy (non-hydrogen) atoms. The maximum Gasteiger partial charge on any atom is 0.303 e. The largest absolute Gasteiger partial charge is 0.481 e. The molecule has 4 rings (SSSR count). The average Bonchev–Trinajstić information content (AvgIpc) is 3.10. The van der Waals surface area contributed by atoms with Crippen molar-refractivity contribution in [1.82, 2.24) is 0 Å². The Morgan fingerprint density at radius 3 is 2.33 bits per heavy atom. The number of hydrogen-bond acceptors (Lipinski definition) is 4. The molecule has 4 aliphatic carbocycles. The number of carbonyl (C=O) groups is 2.